The lowest BCUT2D eigenvalue weighted by molar-refractivity contribution is -0.132. The summed E-state index contributed by atoms with van der Waals surface area (Å²) in [5.74, 6) is -0.950. The Morgan fingerprint density at radius 3 is 2.46 bits per heavy atom. The van der Waals surface area contributed by atoms with Gasteiger partial charge in [-0.3, -0.25) is 19.3 Å². The Hall–Kier alpha value is -4.00. The number of aryl methyl sites for hydroxylation is 1. The van der Waals surface area contributed by atoms with Gasteiger partial charge in [0, 0.05) is 23.4 Å². The van der Waals surface area contributed by atoms with Crippen molar-refractivity contribution in [3.63, 3.8) is 0 Å². The minimum Gasteiger partial charge on any atom is -0.476 e. The second-order valence-corrected chi connectivity index (χ2v) is 9.31. The molecule has 2 aliphatic heterocycles. The molecular weight excluding hydrogens is 447 g/mol. The van der Waals surface area contributed by atoms with Gasteiger partial charge in [-0.15, -0.1) is 0 Å². The zero-order chi connectivity index (χ0) is 24.7. The highest BCUT2D eigenvalue weighted by Crippen LogP contribution is 2.39. The van der Waals surface area contributed by atoms with Gasteiger partial charge in [0.15, 0.2) is 11.4 Å². The number of ketones is 1. The molecule has 0 saturated heterocycles. The molecule has 0 unspecified atom stereocenters. The molecule has 7 heteroatoms. The number of hydrogen-bond donors (Lipinski definition) is 0. The molecule has 2 heterocycles. The van der Waals surface area contributed by atoms with Crippen LogP contribution >= 0.6 is 0 Å². The minimum absolute atomic E-state index is 0.179. The fourth-order valence-electron chi connectivity index (χ4n) is 4.63. The van der Waals surface area contributed by atoms with Crippen molar-refractivity contribution in [3.05, 3.63) is 89.2 Å². The van der Waals surface area contributed by atoms with Crippen LogP contribution in [0.15, 0.2) is 66.7 Å². The normalized spacial score (nSPS) is 16.3. The van der Waals surface area contributed by atoms with Gasteiger partial charge in [0.1, 0.15) is 11.6 Å². The van der Waals surface area contributed by atoms with E-state index in [0.717, 1.165) is 24.1 Å². The lowest BCUT2D eigenvalue weighted by Crippen LogP contribution is -2.54. The molecular formula is C28H25FN2O4. The zero-order valence-electron chi connectivity index (χ0n) is 19.6. The number of amides is 2. The second-order valence-electron chi connectivity index (χ2n) is 9.31. The minimum atomic E-state index is -1.19. The third kappa shape index (κ3) is 4.18. The maximum atomic E-state index is 13.5. The van der Waals surface area contributed by atoms with Gasteiger partial charge in [-0.05, 0) is 80.8 Å². The first kappa shape index (κ1) is 22.8. The van der Waals surface area contributed by atoms with Crippen LogP contribution in [0.3, 0.4) is 0 Å². The number of para-hydroxylation sites is 1. The first-order chi connectivity index (χ1) is 16.7. The smallest absolute Gasteiger partial charge is 0.271 e. The molecule has 0 spiro atoms. The summed E-state index contributed by atoms with van der Waals surface area (Å²) in [4.78, 5) is 42.9. The van der Waals surface area contributed by atoms with E-state index in [1.54, 1.807) is 36.9 Å². The van der Waals surface area contributed by atoms with E-state index in [2.05, 4.69) is 0 Å². The topological polar surface area (TPSA) is 66.9 Å². The van der Waals surface area contributed by atoms with Crippen molar-refractivity contribution in [2.45, 2.75) is 32.3 Å². The monoisotopic (exact) mass is 472 g/mol. The Bertz CT molecular complexity index is 1330. The Kier molecular flexibility index (Phi) is 5.63. The molecule has 0 aliphatic carbocycles. The Morgan fingerprint density at radius 2 is 1.69 bits per heavy atom. The van der Waals surface area contributed by atoms with Crippen molar-refractivity contribution in [3.8, 4) is 5.75 Å². The van der Waals surface area contributed by atoms with E-state index in [0.29, 0.717) is 29.1 Å². The molecule has 2 aliphatic rings. The van der Waals surface area contributed by atoms with Gasteiger partial charge in [-0.1, -0.05) is 18.2 Å². The maximum Gasteiger partial charge on any atom is 0.271 e. The summed E-state index contributed by atoms with van der Waals surface area (Å²) in [6.45, 7) is 3.62. The molecule has 0 saturated carbocycles. The lowest BCUT2D eigenvalue weighted by atomic mass is 9.99. The summed E-state index contributed by atoms with van der Waals surface area (Å²) in [5.41, 5.74) is 1.88. The first-order valence-corrected chi connectivity index (χ1v) is 11.6. The molecule has 2 amide bonds. The molecule has 0 radical (unpaired) electrons. The third-order valence-electron chi connectivity index (χ3n) is 6.45. The van der Waals surface area contributed by atoms with E-state index in [1.807, 2.05) is 24.3 Å². The number of ether oxygens (including phenoxy) is 1. The molecule has 0 N–H and O–H groups in total. The third-order valence-corrected chi connectivity index (χ3v) is 6.45. The number of nitrogens with zero attached hydrogens (tertiary/aromatic N) is 2. The first-order valence-electron chi connectivity index (χ1n) is 11.6. The van der Waals surface area contributed by atoms with E-state index >= 15 is 0 Å². The quantitative estimate of drug-likeness (QED) is 0.512. The highest BCUT2D eigenvalue weighted by atomic mass is 19.1. The predicted molar refractivity (Wildman–Crippen MR) is 131 cm³/mol. The summed E-state index contributed by atoms with van der Waals surface area (Å²) < 4.78 is 19.2. The average molecular weight is 473 g/mol. The fourth-order valence-corrected chi connectivity index (χ4v) is 4.63. The largest absolute Gasteiger partial charge is 0.476 e. The number of rotatable bonds is 4. The van der Waals surface area contributed by atoms with Crippen LogP contribution in [0.4, 0.5) is 15.8 Å². The number of carbonyl (C=O) groups excluding carboxylic acids is 3. The molecule has 0 atom stereocenters. The van der Waals surface area contributed by atoms with Crippen LogP contribution in [0.2, 0.25) is 0 Å². The number of carbonyl (C=O) groups is 3. The van der Waals surface area contributed by atoms with Crippen LogP contribution in [0.25, 0.3) is 0 Å². The van der Waals surface area contributed by atoms with E-state index < -0.39 is 17.3 Å². The van der Waals surface area contributed by atoms with Crippen LogP contribution in [-0.4, -0.2) is 36.3 Å². The van der Waals surface area contributed by atoms with Gasteiger partial charge < -0.3 is 9.64 Å². The van der Waals surface area contributed by atoms with E-state index in [-0.39, 0.29) is 18.2 Å². The standard InChI is InChI=1S/C28H25FN2O4/c1-28(2)27(34)31(17-24(32)19-9-12-21(29)13-10-19)23-16-20(11-14-25(23)35-28)26(33)30-15-5-7-18-6-3-4-8-22(18)30/h3-4,6,8-14,16H,5,7,15,17H2,1-2H3. The fraction of sp³-hybridized carbons (Fsp3) is 0.250. The van der Waals surface area contributed by atoms with Crippen LogP contribution in [0.1, 0.15) is 46.5 Å². The molecule has 3 aromatic carbocycles. The van der Waals surface area contributed by atoms with Gasteiger partial charge in [-0.2, -0.15) is 0 Å². The number of Topliss-reactive ketones (excluding diaryl/α,β-unsaturated/α-hetero) is 1. The number of fused-ring (bicyclic) bond motifs is 2. The summed E-state index contributed by atoms with van der Waals surface area (Å²) in [7, 11) is 0. The average Bonchev–Trinajstić information content (AvgIpc) is 2.86. The van der Waals surface area contributed by atoms with Crippen LogP contribution in [0.5, 0.6) is 5.75 Å². The van der Waals surface area contributed by atoms with Crippen molar-refractivity contribution in [2.24, 2.45) is 0 Å². The van der Waals surface area contributed by atoms with Crippen LogP contribution in [-0.2, 0) is 11.2 Å². The number of halogens is 1. The second kappa shape index (κ2) is 8.65. The van der Waals surface area contributed by atoms with Crippen LogP contribution < -0.4 is 14.5 Å². The Labute approximate surface area is 202 Å². The molecule has 0 fully saturated rings. The predicted octanol–water partition coefficient (Wildman–Crippen LogP) is 4.81. The van der Waals surface area contributed by atoms with Crippen LogP contribution in [0, 0.1) is 5.82 Å². The summed E-state index contributed by atoms with van der Waals surface area (Å²) >= 11 is 0. The molecule has 0 aromatic heterocycles. The van der Waals surface area contributed by atoms with Crippen molar-refractivity contribution >= 4 is 29.0 Å². The SMILES string of the molecule is CC1(C)Oc2ccc(C(=O)N3CCCc4ccccc43)cc2N(CC(=O)c2ccc(F)cc2)C1=O. The van der Waals surface area contributed by atoms with E-state index in [9.17, 15) is 18.8 Å². The highest BCUT2D eigenvalue weighted by Gasteiger charge is 2.42. The van der Waals surface area contributed by atoms with E-state index in [4.69, 9.17) is 4.74 Å². The number of benzene rings is 3. The molecule has 178 valence electrons. The zero-order valence-corrected chi connectivity index (χ0v) is 19.6. The van der Waals surface area contributed by atoms with Gasteiger partial charge in [0.05, 0.1) is 12.2 Å². The van der Waals surface area contributed by atoms with Crippen molar-refractivity contribution in [2.75, 3.05) is 22.9 Å². The van der Waals surface area contributed by atoms with E-state index in [1.165, 1.54) is 29.2 Å². The lowest BCUT2D eigenvalue weighted by Gasteiger charge is -2.39. The molecule has 3 aromatic rings. The maximum absolute atomic E-state index is 13.5. The molecule has 6 nitrogen and oxygen atoms in total. The Balaban J connectivity index is 1.50. The molecule has 5 rings (SSSR count). The highest BCUT2D eigenvalue weighted by molar-refractivity contribution is 6.12. The summed E-state index contributed by atoms with van der Waals surface area (Å²) in [6.07, 6.45) is 1.78. The van der Waals surface area contributed by atoms with Crippen molar-refractivity contribution in [1.29, 1.82) is 0 Å². The summed E-state index contributed by atoms with van der Waals surface area (Å²) in [6, 6.07) is 18.0. The number of anilines is 2. The van der Waals surface area contributed by atoms with Crippen molar-refractivity contribution in [1.82, 2.24) is 0 Å². The van der Waals surface area contributed by atoms with Gasteiger partial charge in [0.25, 0.3) is 11.8 Å². The van der Waals surface area contributed by atoms with Crippen molar-refractivity contribution < 1.29 is 23.5 Å². The number of hydrogen-bond acceptors (Lipinski definition) is 4. The molecule has 35 heavy (non-hydrogen) atoms. The summed E-state index contributed by atoms with van der Waals surface area (Å²) in [5, 5.41) is 0. The van der Waals surface area contributed by atoms with Gasteiger partial charge in [-0.25, -0.2) is 4.39 Å². The molecule has 0 bridgehead atoms. The van der Waals surface area contributed by atoms with Gasteiger partial charge >= 0.3 is 0 Å². The Morgan fingerprint density at radius 1 is 0.971 bits per heavy atom. The van der Waals surface area contributed by atoms with Gasteiger partial charge in [0.2, 0.25) is 0 Å².